The first-order valence-corrected chi connectivity index (χ1v) is 5.55. The van der Waals surface area contributed by atoms with Gasteiger partial charge in [-0.25, -0.2) is 4.39 Å². The number of benzene rings is 1. The smallest absolute Gasteiger partial charge is 0.176 e. The van der Waals surface area contributed by atoms with Gasteiger partial charge in [0, 0.05) is 6.42 Å². The maximum Gasteiger partial charge on any atom is 0.176 e. The van der Waals surface area contributed by atoms with Crippen molar-refractivity contribution in [2.24, 2.45) is 12.9 Å². The fraction of sp³-hybridized carbons (Fsp3) is 0.364. The van der Waals surface area contributed by atoms with Crippen LogP contribution in [0, 0.1) is 12.7 Å². The summed E-state index contributed by atoms with van der Waals surface area (Å²) < 4.78 is 13.5. The standard InChI is InChI=1S/C11H15FN6/c1-7-3-4-8(5-9(7)12)10(14-13)6-11-15-17-18(2)16-11/h3-5,10,14H,6,13H2,1-2H3. The van der Waals surface area contributed by atoms with E-state index in [1.807, 2.05) is 6.07 Å². The zero-order valence-corrected chi connectivity index (χ0v) is 10.3. The highest BCUT2D eigenvalue weighted by molar-refractivity contribution is 5.26. The molecule has 0 radical (unpaired) electrons. The van der Waals surface area contributed by atoms with Gasteiger partial charge in [-0.1, -0.05) is 12.1 Å². The number of rotatable bonds is 4. The fourth-order valence-electron chi connectivity index (χ4n) is 1.69. The Morgan fingerprint density at radius 2 is 2.28 bits per heavy atom. The predicted octanol–water partition coefficient (Wildman–Crippen LogP) is 0.405. The van der Waals surface area contributed by atoms with E-state index in [1.165, 1.54) is 10.9 Å². The Bertz CT molecular complexity index is 538. The van der Waals surface area contributed by atoms with Crippen molar-refractivity contribution in [2.75, 3.05) is 0 Å². The summed E-state index contributed by atoms with van der Waals surface area (Å²) in [5.74, 6) is 5.80. The number of nitrogens with two attached hydrogens (primary N) is 1. The Morgan fingerprint density at radius 1 is 1.50 bits per heavy atom. The molecule has 6 nitrogen and oxygen atoms in total. The van der Waals surface area contributed by atoms with Crippen molar-refractivity contribution in [2.45, 2.75) is 19.4 Å². The Morgan fingerprint density at radius 3 is 2.83 bits per heavy atom. The summed E-state index contributed by atoms with van der Waals surface area (Å²) >= 11 is 0. The predicted molar refractivity (Wildman–Crippen MR) is 63.7 cm³/mol. The fourth-order valence-corrected chi connectivity index (χ4v) is 1.69. The number of aryl methyl sites for hydroxylation is 2. The van der Waals surface area contributed by atoms with E-state index < -0.39 is 0 Å². The molecule has 2 rings (SSSR count). The topological polar surface area (TPSA) is 81.7 Å². The second-order valence-electron chi connectivity index (χ2n) is 4.13. The van der Waals surface area contributed by atoms with Gasteiger partial charge >= 0.3 is 0 Å². The van der Waals surface area contributed by atoms with Crippen LogP contribution >= 0.6 is 0 Å². The molecule has 1 atom stereocenters. The van der Waals surface area contributed by atoms with Crippen LogP contribution in [0.3, 0.4) is 0 Å². The first-order chi connectivity index (χ1) is 8.60. The van der Waals surface area contributed by atoms with Crippen LogP contribution in [0.15, 0.2) is 18.2 Å². The molecule has 18 heavy (non-hydrogen) atoms. The van der Waals surface area contributed by atoms with Crippen LogP contribution in [0.2, 0.25) is 0 Å². The molecule has 1 heterocycles. The van der Waals surface area contributed by atoms with Gasteiger partial charge in [0.25, 0.3) is 0 Å². The molecule has 0 spiro atoms. The summed E-state index contributed by atoms with van der Waals surface area (Å²) in [5, 5.41) is 11.7. The van der Waals surface area contributed by atoms with Gasteiger partial charge in [0.05, 0.1) is 13.1 Å². The SMILES string of the molecule is Cc1ccc(C(Cc2nnn(C)n2)NN)cc1F. The van der Waals surface area contributed by atoms with E-state index in [9.17, 15) is 4.39 Å². The first kappa shape index (κ1) is 12.6. The minimum Gasteiger partial charge on any atom is -0.271 e. The average molecular weight is 250 g/mol. The molecule has 1 aromatic carbocycles. The van der Waals surface area contributed by atoms with Crippen molar-refractivity contribution in [3.05, 3.63) is 41.0 Å². The monoisotopic (exact) mass is 250 g/mol. The number of nitrogens with one attached hydrogen (secondary N) is 1. The summed E-state index contributed by atoms with van der Waals surface area (Å²) in [4.78, 5) is 1.37. The molecule has 0 saturated carbocycles. The number of hydrogen-bond acceptors (Lipinski definition) is 5. The molecule has 0 fully saturated rings. The van der Waals surface area contributed by atoms with Crippen molar-refractivity contribution in [1.82, 2.24) is 25.6 Å². The van der Waals surface area contributed by atoms with E-state index in [-0.39, 0.29) is 11.9 Å². The quantitative estimate of drug-likeness (QED) is 0.606. The second kappa shape index (κ2) is 5.19. The van der Waals surface area contributed by atoms with Gasteiger partial charge in [-0.15, -0.1) is 10.2 Å². The van der Waals surface area contributed by atoms with Gasteiger partial charge in [0.2, 0.25) is 0 Å². The highest BCUT2D eigenvalue weighted by Crippen LogP contribution is 2.18. The lowest BCUT2D eigenvalue weighted by atomic mass is 10.0. The van der Waals surface area contributed by atoms with E-state index in [1.54, 1.807) is 20.0 Å². The lowest BCUT2D eigenvalue weighted by molar-refractivity contribution is 0.529. The molecule has 1 unspecified atom stereocenters. The lowest BCUT2D eigenvalue weighted by Gasteiger charge is -2.14. The molecule has 0 bridgehead atoms. The Kier molecular flexibility index (Phi) is 3.63. The van der Waals surface area contributed by atoms with E-state index in [2.05, 4.69) is 20.8 Å². The maximum absolute atomic E-state index is 13.5. The van der Waals surface area contributed by atoms with Crippen LogP contribution in [0.5, 0.6) is 0 Å². The minimum atomic E-state index is -0.250. The van der Waals surface area contributed by atoms with E-state index >= 15 is 0 Å². The van der Waals surface area contributed by atoms with Gasteiger partial charge in [0.1, 0.15) is 5.82 Å². The largest absolute Gasteiger partial charge is 0.271 e. The Labute approximate surface area is 104 Å². The highest BCUT2D eigenvalue weighted by Gasteiger charge is 2.15. The van der Waals surface area contributed by atoms with Crippen LogP contribution in [-0.2, 0) is 13.5 Å². The normalized spacial score (nSPS) is 12.7. The third-order valence-corrected chi connectivity index (χ3v) is 2.74. The zero-order valence-electron chi connectivity index (χ0n) is 10.3. The molecule has 3 N–H and O–H groups in total. The van der Waals surface area contributed by atoms with Crippen molar-refractivity contribution < 1.29 is 4.39 Å². The van der Waals surface area contributed by atoms with E-state index in [4.69, 9.17) is 5.84 Å². The molecule has 0 aliphatic carbocycles. The number of tetrazole rings is 1. The molecule has 0 aliphatic rings. The molecule has 96 valence electrons. The van der Waals surface area contributed by atoms with Crippen LogP contribution < -0.4 is 11.3 Å². The van der Waals surface area contributed by atoms with Crippen LogP contribution in [0.1, 0.15) is 23.0 Å². The first-order valence-electron chi connectivity index (χ1n) is 5.55. The van der Waals surface area contributed by atoms with Gasteiger partial charge in [-0.2, -0.15) is 4.80 Å². The number of aromatic nitrogens is 4. The third-order valence-electron chi connectivity index (χ3n) is 2.74. The molecule has 0 aliphatic heterocycles. The molecular weight excluding hydrogens is 235 g/mol. The molecule has 7 heteroatoms. The molecular formula is C11H15FN6. The van der Waals surface area contributed by atoms with Crippen molar-refractivity contribution in [3.8, 4) is 0 Å². The highest BCUT2D eigenvalue weighted by atomic mass is 19.1. The second-order valence-corrected chi connectivity index (χ2v) is 4.13. The van der Waals surface area contributed by atoms with Gasteiger partial charge < -0.3 is 0 Å². The Hall–Kier alpha value is -1.86. The van der Waals surface area contributed by atoms with Crippen molar-refractivity contribution in [3.63, 3.8) is 0 Å². The summed E-state index contributed by atoms with van der Waals surface area (Å²) in [6.07, 6.45) is 0.451. The molecule has 0 saturated heterocycles. The number of nitrogens with zero attached hydrogens (tertiary/aromatic N) is 4. The van der Waals surface area contributed by atoms with E-state index in [0.29, 0.717) is 17.8 Å². The van der Waals surface area contributed by atoms with Crippen LogP contribution in [0.4, 0.5) is 4.39 Å². The van der Waals surface area contributed by atoms with E-state index in [0.717, 1.165) is 5.56 Å². The number of halogens is 1. The summed E-state index contributed by atoms with van der Waals surface area (Å²) in [6, 6.07) is 4.78. The number of hydrazine groups is 1. The maximum atomic E-state index is 13.5. The minimum absolute atomic E-state index is 0.246. The van der Waals surface area contributed by atoms with Gasteiger partial charge in [0.15, 0.2) is 5.82 Å². The summed E-state index contributed by atoms with van der Waals surface area (Å²) in [7, 11) is 1.69. The average Bonchev–Trinajstić information content (AvgIpc) is 2.75. The summed E-state index contributed by atoms with van der Waals surface area (Å²) in [6.45, 7) is 1.72. The summed E-state index contributed by atoms with van der Waals surface area (Å²) in [5.41, 5.74) is 4.00. The molecule has 2 aromatic rings. The van der Waals surface area contributed by atoms with Gasteiger partial charge in [-0.05, 0) is 29.3 Å². The van der Waals surface area contributed by atoms with Crippen LogP contribution in [0.25, 0.3) is 0 Å². The number of hydrogen-bond donors (Lipinski definition) is 2. The van der Waals surface area contributed by atoms with Crippen molar-refractivity contribution in [1.29, 1.82) is 0 Å². The molecule has 0 amide bonds. The zero-order chi connectivity index (χ0) is 13.1. The van der Waals surface area contributed by atoms with Crippen LogP contribution in [-0.4, -0.2) is 20.2 Å². The molecule has 1 aromatic heterocycles. The third kappa shape index (κ3) is 2.69. The Balaban J connectivity index is 2.19. The van der Waals surface area contributed by atoms with Gasteiger partial charge in [-0.3, -0.25) is 11.3 Å². The van der Waals surface area contributed by atoms with Crippen molar-refractivity contribution >= 4 is 0 Å². The lowest BCUT2D eigenvalue weighted by Crippen LogP contribution is -2.30.